The maximum atomic E-state index is 11.9. The van der Waals surface area contributed by atoms with Gasteiger partial charge in [0.2, 0.25) is 5.91 Å². The predicted octanol–water partition coefficient (Wildman–Crippen LogP) is 0.0444. The fourth-order valence-corrected chi connectivity index (χ4v) is 1.55. The molecule has 1 aliphatic rings. The number of rotatable bonds is 4. The van der Waals surface area contributed by atoms with Crippen molar-refractivity contribution in [1.29, 1.82) is 0 Å². The van der Waals surface area contributed by atoms with Gasteiger partial charge in [0, 0.05) is 13.2 Å². The van der Waals surface area contributed by atoms with Gasteiger partial charge in [-0.25, -0.2) is 0 Å². The van der Waals surface area contributed by atoms with Gasteiger partial charge in [-0.05, 0) is 13.3 Å². The molecule has 1 fully saturated rings. The summed E-state index contributed by atoms with van der Waals surface area (Å²) in [7, 11) is 1.32. The molecule has 1 unspecified atom stereocenters. The SMILES string of the molecule is CCN(CC(=O)OC)C(=O)C1CCOC1. The minimum Gasteiger partial charge on any atom is -0.468 e. The van der Waals surface area contributed by atoms with Crippen LogP contribution in [0.4, 0.5) is 0 Å². The maximum absolute atomic E-state index is 11.9. The van der Waals surface area contributed by atoms with Gasteiger partial charge >= 0.3 is 5.97 Å². The van der Waals surface area contributed by atoms with E-state index in [0.29, 0.717) is 19.8 Å². The average Bonchev–Trinajstić information content (AvgIpc) is 2.77. The molecule has 1 aliphatic heterocycles. The molecule has 86 valence electrons. The zero-order valence-corrected chi connectivity index (χ0v) is 9.19. The van der Waals surface area contributed by atoms with E-state index in [2.05, 4.69) is 4.74 Å². The van der Waals surface area contributed by atoms with Gasteiger partial charge in [-0.1, -0.05) is 0 Å². The minimum atomic E-state index is -0.385. The molecule has 1 atom stereocenters. The molecule has 0 saturated carbocycles. The van der Waals surface area contributed by atoms with E-state index in [0.717, 1.165) is 6.42 Å². The Kier molecular flexibility index (Phi) is 4.55. The molecule has 0 aromatic rings. The highest BCUT2D eigenvalue weighted by Gasteiger charge is 2.28. The molecule has 1 rings (SSSR count). The standard InChI is InChI=1S/C10H17NO4/c1-3-11(6-9(12)14-2)10(13)8-4-5-15-7-8/h8H,3-7H2,1-2H3. The first-order valence-electron chi connectivity index (χ1n) is 5.12. The molecule has 0 radical (unpaired) electrons. The lowest BCUT2D eigenvalue weighted by atomic mass is 10.1. The van der Waals surface area contributed by atoms with Crippen molar-refractivity contribution in [3.05, 3.63) is 0 Å². The van der Waals surface area contributed by atoms with Crippen molar-refractivity contribution in [2.75, 3.05) is 33.4 Å². The van der Waals surface area contributed by atoms with E-state index < -0.39 is 0 Å². The number of likely N-dealkylation sites (N-methyl/N-ethyl adjacent to an activating group) is 1. The van der Waals surface area contributed by atoms with Crippen molar-refractivity contribution in [3.8, 4) is 0 Å². The van der Waals surface area contributed by atoms with E-state index in [1.807, 2.05) is 6.92 Å². The minimum absolute atomic E-state index is 0.0135. The highest BCUT2D eigenvalue weighted by molar-refractivity contribution is 5.83. The Bertz CT molecular complexity index is 236. The molecule has 15 heavy (non-hydrogen) atoms. The number of carbonyl (C=O) groups is 2. The van der Waals surface area contributed by atoms with Crippen LogP contribution in [0.1, 0.15) is 13.3 Å². The second kappa shape index (κ2) is 5.70. The molecule has 0 spiro atoms. The zero-order valence-electron chi connectivity index (χ0n) is 9.19. The van der Waals surface area contributed by atoms with Crippen LogP contribution in [0.25, 0.3) is 0 Å². The zero-order chi connectivity index (χ0) is 11.3. The summed E-state index contributed by atoms with van der Waals surface area (Å²) >= 11 is 0. The second-order valence-electron chi connectivity index (χ2n) is 3.49. The molecule has 1 amide bonds. The van der Waals surface area contributed by atoms with Crippen LogP contribution in [0.2, 0.25) is 0 Å². The number of ether oxygens (including phenoxy) is 2. The van der Waals surface area contributed by atoms with Crippen molar-refractivity contribution in [1.82, 2.24) is 4.90 Å². The lowest BCUT2D eigenvalue weighted by Gasteiger charge is -2.22. The molecule has 0 aromatic carbocycles. The monoisotopic (exact) mass is 215 g/mol. The summed E-state index contributed by atoms with van der Waals surface area (Å²) in [6, 6.07) is 0. The van der Waals surface area contributed by atoms with Crippen LogP contribution in [0.3, 0.4) is 0 Å². The van der Waals surface area contributed by atoms with E-state index in [-0.39, 0.29) is 24.3 Å². The first-order chi connectivity index (χ1) is 7.19. The molecule has 1 saturated heterocycles. The normalized spacial score (nSPS) is 20.0. The van der Waals surface area contributed by atoms with Crippen LogP contribution in [-0.4, -0.2) is 50.2 Å². The lowest BCUT2D eigenvalue weighted by Crippen LogP contribution is -2.40. The van der Waals surface area contributed by atoms with Gasteiger partial charge in [-0.15, -0.1) is 0 Å². The van der Waals surface area contributed by atoms with E-state index in [1.54, 1.807) is 0 Å². The fourth-order valence-electron chi connectivity index (χ4n) is 1.55. The second-order valence-corrected chi connectivity index (χ2v) is 3.49. The molecule has 0 aliphatic carbocycles. The van der Waals surface area contributed by atoms with Gasteiger partial charge in [-0.3, -0.25) is 9.59 Å². The molecule has 5 heteroatoms. The van der Waals surface area contributed by atoms with Gasteiger partial charge in [-0.2, -0.15) is 0 Å². The molecule has 5 nitrogen and oxygen atoms in total. The highest BCUT2D eigenvalue weighted by atomic mass is 16.5. The largest absolute Gasteiger partial charge is 0.468 e. The fraction of sp³-hybridized carbons (Fsp3) is 0.800. The number of nitrogens with zero attached hydrogens (tertiary/aromatic N) is 1. The molecule has 0 aromatic heterocycles. The Hall–Kier alpha value is -1.10. The van der Waals surface area contributed by atoms with Crippen molar-refractivity contribution in [3.63, 3.8) is 0 Å². The third-order valence-corrected chi connectivity index (χ3v) is 2.52. The van der Waals surface area contributed by atoms with Crippen LogP contribution in [0, 0.1) is 5.92 Å². The van der Waals surface area contributed by atoms with Gasteiger partial charge in [0.1, 0.15) is 6.54 Å². The summed E-state index contributed by atoms with van der Waals surface area (Å²) in [6.07, 6.45) is 0.747. The van der Waals surface area contributed by atoms with Crippen molar-refractivity contribution in [2.45, 2.75) is 13.3 Å². The number of esters is 1. The van der Waals surface area contributed by atoms with Crippen molar-refractivity contribution >= 4 is 11.9 Å². The summed E-state index contributed by atoms with van der Waals surface area (Å²) in [5.41, 5.74) is 0. The van der Waals surface area contributed by atoms with Gasteiger partial charge in [0.05, 0.1) is 19.6 Å². The van der Waals surface area contributed by atoms with Gasteiger partial charge < -0.3 is 14.4 Å². The number of carbonyl (C=O) groups excluding carboxylic acids is 2. The number of amides is 1. The van der Waals surface area contributed by atoms with E-state index in [4.69, 9.17) is 4.74 Å². The summed E-state index contributed by atoms with van der Waals surface area (Å²) < 4.78 is 9.67. The highest BCUT2D eigenvalue weighted by Crippen LogP contribution is 2.15. The Morgan fingerprint density at radius 2 is 2.27 bits per heavy atom. The third-order valence-electron chi connectivity index (χ3n) is 2.52. The summed E-state index contributed by atoms with van der Waals surface area (Å²) in [4.78, 5) is 24.4. The van der Waals surface area contributed by atoms with Crippen LogP contribution in [0.5, 0.6) is 0 Å². The van der Waals surface area contributed by atoms with E-state index >= 15 is 0 Å². The molecule has 0 N–H and O–H groups in total. The average molecular weight is 215 g/mol. The van der Waals surface area contributed by atoms with Crippen LogP contribution in [-0.2, 0) is 19.1 Å². The Balaban J connectivity index is 2.49. The lowest BCUT2D eigenvalue weighted by molar-refractivity contribution is -0.148. The third kappa shape index (κ3) is 3.20. The molecular weight excluding hydrogens is 198 g/mol. The summed E-state index contributed by atoms with van der Waals surface area (Å²) in [5, 5.41) is 0. The predicted molar refractivity (Wildman–Crippen MR) is 53.2 cm³/mol. The van der Waals surface area contributed by atoms with Crippen molar-refractivity contribution < 1.29 is 19.1 Å². The van der Waals surface area contributed by atoms with E-state index in [9.17, 15) is 9.59 Å². The Morgan fingerprint density at radius 1 is 1.53 bits per heavy atom. The van der Waals surface area contributed by atoms with E-state index in [1.165, 1.54) is 12.0 Å². The molecule has 1 heterocycles. The Labute approximate surface area is 89.3 Å². The summed E-state index contributed by atoms with van der Waals surface area (Å²) in [6.45, 7) is 3.49. The van der Waals surface area contributed by atoms with Crippen LogP contribution < -0.4 is 0 Å². The van der Waals surface area contributed by atoms with Gasteiger partial charge in [0.15, 0.2) is 0 Å². The van der Waals surface area contributed by atoms with Gasteiger partial charge in [0.25, 0.3) is 0 Å². The Morgan fingerprint density at radius 3 is 2.73 bits per heavy atom. The van der Waals surface area contributed by atoms with Crippen molar-refractivity contribution in [2.24, 2.45) is 5.92 Å². The van der Waals surface area contributed by atoms with Crippen LogP contribution in [0.15, 0.2) is 0 Å². The first kappa shape index (κ1) is 12.0. The molecule has 0 bridgehead atoms. The number of methoxy groups -OCH3 is 1. The van der Waals surface area contributed by atoms with Crippen LogP contribution >= 0.6 is 0 Å². The quantitative estimate of drug-likeness (QED) is 0.621. The smallest absolute Gasteiger partial charge is 0.325 e. The summed E-state index contributed by atoms with van der Waals surface area (Å²) in [5.74, 6) is -0.487. The number of hydrogen-bond donors (Lipinski definition) is 0. The topological polar surface area (TPSA) is 55.8 Å². The molecular formula is C10H17NO4. The number of hydrogen-bond acceptors (Lipinski definition) is 4. The maximum Gasteiger partial charge on any atom is 0.325 e. The first-order valence-corrected chi connectivity index (χ1v) is 5.12.